The van der Waals surface area contributed by atoms with Crippen LogP contribution >= 0.6 is 27.5 Å². The van der Waals surface area contributed by atoms with Crippen LogP contribution in [0.3, 0.4) is 0 Å². The minimum Gasteiger partial charge on any atom is -0.334 e. The average Bonchev–Trinajstić information content (AvgIpc) is 2.57. The van der Waals surface area contributed by atoms with E-state index >= 15 is 0 Å². The van der Waals surface area contributed by atoms with Crippen LogP contribution in [0.5, 0.6) is 0 Å². The Morgan fingerprint density at radius 3 is 2.94 bits per heavy atom. The Labute approximate surface area is 109 Å². The summed E-state index contributed by atoms with van der Waals surface area (Å²) in [5, 5.41) is 1.63. The standard InChI is InChI=1S/C12H13BrClNO/c13-5-1-2-6-15-8-9-3-4-10(14)7-11(9)12(15)16/h3-4,7H,1-2,5-6,8H2. The lowest BCUT2D eigenvalue weighted by Crippen LogP contribution is -2.24. The number of carbonyl (C=O) groups is 1. The van der Waals surface area contributed by atoms with E-state index in [2.05, 4.69) is 15.9 Å². The van der Waals surface area contributed by atoms with Gasteiger partial charge in [0.25, 0.3) is 5.91 Å². The molecular weight excluding hydrogens is 289 g/mol. The zero-order valence-corrected chi connectivity index (χ0v) is 11.2. The number of unbranched alkanes of at least 4 members (excludes halogenated alkanes) is 1. The normalized spacial score (nSPS) is 14.4. The summed E-state index contributed by atoms with van der Waals surface area (Å²) >= 11 is 9.28. The van der Waals surface area contributed by atoms with Crippen molar-refractivity contribution in [3.05, 3.63) is 34.3 Å². The molecule has 4 heteroatoms. The van der Waals surface area contributed by atoms with Crippen molar-refractivity contribution < 1.29 is 4.79 Å². The summed E-state index contributed by atoms with van der Waals surface area (Å²) in [6.07, 6.45) is 2.14. The fourth-order valence-corrected chi connectivity index (χ4v) is 2.48. The summed E-state index contributed by atoms with van der Waals surface area (Å²) in [5.74, 6) is 0.118. The Balaban J connectivity index is 2.06. The van der Waals surface area contributed by atoms with Gasteiger partial charge in [0.1, 0.15) is 0 Å². The molecule has 0 radical (unpaired) electrons. The van der Waals surface area contributed by atoms with Crippen molar-refractivity contribution in [3.8, 4) is 0 Å². The highest BCUT2D eigenvalue weighted by Crippen LogP contribution is 2.25. The van der Waals surface area contributed by atoms with Crippen LogP contribution < -0.4 is 0 Å². The largest absolute Gasteiger partial charge is 0.334 e. The molecule has 0 aromatic heterocycles. The summed E-state index contributed by atoms with van der Waals surface area (Å²) in [7, 11) is 0. The SMILES string of the molecule is O=C1c2cc(Cl)ccc2CN1CCCCBr. The molecule has 1 aromatic rings. The number of hydrogen-bond donors (Lipinski definition) is 0. The van der Waals surface area contributed by atoms with Crippen molar-refractivity contribution >= 4 is 33.4 Å². The Bertz CT molecular complexity index is 408. The van der Waals surface area contributed by atoms with E-state index in [1.54, 1.807) is 6.07 Å². The van der Waals surface area contributed by atoms with Gasteiger partial charge in [-0.05, 0) is 30.5 Å². The summed E-state index contributed by atoms with van der Waals surface area (Å²) in [4.78, 5) is 13.9. The molecule has 16 heavy (non-hydrogen) atoms. The van der Waals surface area contributed by atoms with Gasteiger partial charge in [0.15, 0.2) is 0 Å². The molecule has 0 saturated heterocycles. The van der Waals surface area contributed by atoms with E-state index in [4.69, 9.17) is 11.6 Å². The topological polar surface area (TPSA) is 20.3 Å². The van der Waals surface area contributed by atoms with Crippen molar-refractivity contribution in [2.75, 3.05) is 11.9 Å². The van der Waals surface area contributed by atoms with Crippen LogP contribution in [0, 0.1) is 0 Å². The van der Waals surface area contributed by atoms with Crippen LogP contribution in [-0.4, -0.2) is 22.7 Å². The predicted octanol–water partition coefficient (Wildman–Crippen LogP) is 3.47. The van der Waals surface area contributed by atoms with Crippen LogP contribution in [0.1, 0.15) is 28.8 Å². The van der Waals surface area contributed by atoms with Crippen LogP contribution in [0.4, 0.5) is 0 Å². The van der Waals surface area contributed by atoms with Gasteiger partial charge in [-0.25, -0.2) is 0 Å². The first-order valence-electron chi connectivity index (χ1n) is 5.36. The van der Waals surface area contributed by atoms with Crippen LogP contribution in [0.2, 0.25) is 5.02 Å². The van der Waals surface area contributed by atoms with Gasteiger partial charge in [-0.2, -0.15) is 0 Å². The van der Waals surface area contributed by atoms with Crippen LogP contribution in [-0.2, 0) is 6.54 Å². The summed E-state index contributed by atoms with van der Waals surface area (Å²) in [5.41, 5.74) is 1.86. The molecule has 0 unspecified atom stereocenters. The van der Waals surface area contributed by atoms with Gasteiger partial charge in [0, 0.05) is 29.0 Å². The number of alkyl halides is 1. The van der Waals surface area contributed by atoms with E-state index in [0.717, 1.165) is 42.4 Å². The van der Waals surface area contributed by atoms with Gasteiger partial charge in [-0.15, -0.1) is 0 Å². The van der Waals surface area contributed by atoms with E-state index in [-0.39, 0.29) is 5.91 Å². The van der Waals surface area contributed by atoms with E-state index < -0.39 is 0 Å². The van der Waals surface area contributed by atoms with E-state index in [0.29, 0.717) is 5.02 Å². The Hall–Kier alpha value is -0.540. The third-order valence-corrected chi connectivity index (χ3v) is 3.56. The molecule has 0 N–H and O–H groups in total. The molecule has 1 aromatic carbocycles. The molecular formula is C12H13BrClNO. The lowest BCUT2D eigenvalue weighted by Gasteiger charge is -2.14. The molecule has 86 valence electrons. The fraction of sp³-hybridized carbons (Fsp3) is 0.417. The molecule has 1 aliphatic rings. The average molecular weight is 303 g/mol. The number of carbonyl (C=O) groups excluding carboxylic acids is 1. The number of fused-ring (bicyclic) bond motifs is 1. The zero-order chi connectivity index (χ0) is 11.5. The van der Waals surface area contributed by atoms with Gasteiger partial charge in [-0.3, -0.25) is 4.79 Å². The van der Waals surface area contributed by atoms with Gasteiger partial charge >= 0.3 is 0 Å². The van der Waals surface area contributed by atoms with E-state index in [1.807, 2.05) is 17.0 Å². The molecule has 0 saturated carbocycles. The first-order chi connectivity index (χ1) is 7.72. The van der Waals surface area contributed by atoms with E-state index in [9.17, 15) is 4.79 Å². The zero-order valence-electron chi connectivity index (χ0n) is 8.88. The lowest BCUT2D eigenvalue weighted by molar-refractivity contribution is 0.0776. The third kappa shape index (κ3) is 2.41. The first-order valence-corrected chi connectivity index (χ1v) is 6.86. The van der Waals surface area contributed by atoms with Crippen molar-refractivity contribution in [3.63, 3.8) is 0 Å². The molecule has 0 spiro atoms. The number of rotatable bonds is 4. The minimum atomic E-state index is 0.118. The third-order valence-electron chi connectivity index (χ3n) is 2.76. The molecule has 0 bridgehead atoms. The maximum absolute atomic E-state index is 12.0. The molecule has 2 rings (SSSR count). The Kier molecular flexibility index (Phi) is 3.87. The van der Waals surface area contributed by atoms with Crippen molar-refractivity contribution in [1.82, 2.24) is 4.90 Å². The van der Waals surface area contributed by atoms with Gasteiger partial charge < -0.3 is 4.90 Å². The number of benzene rings is 1. The highest BCUT2D eigenvalue weighted by molar-refractivity contribution is 9.09. The number of amides is 1. The molecule has 0 aliphatic carbocycles. The molecule has 0 atom stereocenters. The van der Waals surface area contributed by atoms with Gasteiger partial charge in [0.2, 0.25) is 0 Å². The second-order valence-electron chi connectivity index (χ2n) is 3.92. The summed E-state index contributed by atoms with van der Waals surface area (Å²) in [6.45, 7) is 1.56. The molecule has 1 aliphatic heterocycles. The highest BCUT2D eigenvalue weighted by atomic mass is 79.9. The van der Waals surface area contributed by atoms with Crippen LogP contribution in [0.25, 0.3) is 0 Å². The highest BCUT2D eigenvalue weighted by Gasteiger charge is 2.26. The van der Waals surface area contributed by atoms with Crippen LogP contribution in [0.15, 0.2) is 18.2 Å². The Morgan fingerprint density at radius 1 is 1.38 bits per heavy atom. The lowest BCUT2D eigenvalue weighted by atomic mass is 10.1. The fourth-order valence-electron chi connectivity index (χ4n) is 1.91. The Morgan fingerprint density at radius 2 is 2.19 bits per heavy atom. The maximum atomic E-state index is 12.0. The van der Waals surface area contributed by atoms with E-state index in [1.165, 1.54) is 0 Å². The monoisotopic (exact) mass is 301 g/mol. The van der Waals surface area contributed by atoms with Crippen molar-refractivity contribution in [2.24, 2.45) is 0 Å². The second-order valence-corrected chi connectivity index (χ2v) is 5.15. The smallest absolute Gasteiger partial charge is 0.254 e. The first kappa shape index (κ1) is 11.9. The number of hydrogen-bond acceptors (Lipinski definition) is 1. The van der Waals surface area contributed by atoms with Gasteiger partial charge in [-0.1, -0.05) is 33.6 Å². The molecule has 1 amide bonds. The number of halogens is 2. The second kappa shape index (κ2) is 5.19. The van der Waals surface area contributed by atoms with Gasteiger partial charge in [0.05, 0.1) is 0 Å². The molecule has 0 fully saturated rings. The summed E-state index contributed by atoms with van der Waals surface area (Å²) < 4.78 is 0. The van der Waals surface area contributed by atoms with Crippen molar-refractivity contribution in [2.45, 2.75) is 19.4 Å². The molecule has 1 heterocycles. The summed E-state index contributed by atoms with van der Waals surface area (Å²) in [6, 6.07) is 5.55. The maximum Gasteiger partial charge on any atom is 0.254 e. The van der Waals surface area contributed by atoms with Crippen molar-refractivity contribution in [1.29, 1.82) is 0 Å². The number of nitrogens with zero attached hydrogens (tertiary/aromatic N) is 1. The minimum absolute atomic E-state index is 0.118. The predicted molar refractivity (Wildman–Crippen MR) is 69.2 cm³/mol. The quantitative estimate of drug-likeness (QED) is 0.616. The molecule has 2 nitrogen and oxygen atoms in total.